The van der Waals surface area contributed by atoms with Gasteiger partial charge in [-0.1, -0.05) is 5.16 Å². The highest BCUT2D eigenvalue weighted by molar-refractivity contribution is 5.06. The topological polar surface area (TPSA) is 67.6 Å². The monoisotopic (exact) mass is 312 g/mol. The number of nitrogens with zero attached hydrogens (tertiary/aromatic N) is 3. The molecule has 4 saturated carbocycles. The van der Waals surface area contributed by atoms with E-state index in [0.717, 1.165) is 54.4 Å². The van der Waals surface area contributed by atoms with Crippen LogP contribution < -0.4 is 0 Å². The van der Waals surface area contributed by atoms with Crippen molar-refractivity contribution in [2.45, 2.75) is 57.8 Å². The molecule has 2 aromatic heterocycles. The zero-order chi connectivity index (χ0) is 15.3. The number of imidazole rings is 1. The summed E-state index contributed by atoms with van der Waals surface area (Å²) >= 11 is 0. The van der Waals surface area contributed by atoms with E-state index in [-0.39, 0.29) is 0 Å². The summed E-state index contributed by atoms with van der Waals surface area (Å²) in [5.74, 6) is 4.63. The Morgan fingerprint density at radius 1 is 1.09 bits per heavy atom. The molecule has 0 atom stereocenters. The number of hydrogen-bond donors (Lipinski definition) is 1. The minimum Gasteiger partial charge on any atom is -0.351 e. The van der Waals surface area contributed by atoms with Crippen LogP contribution in [0.4, 0.5) is 0 Å². The summed E-state index contributed by atoms with van der Waals surface area (Å²) in [6, 6.07) is 0. The first-order chi connectivity index (χ1) is 11.3. The van der Waals surface area contributed by atoms with Gasteiger partial charge in [-0.2, -0.15) is 4.98 Å². The van der Waals surface area contributed by atoms with E-state index < -0.39 is 0 Å². The molecule has 122 valence electrons. The van der Waals surface area contributed by atoms with Crippen LogP contribution in [0.15, 0.2) is 17.0 Å². The van der Waals surface area contributed by atoms with Crippen LogP contribution in [0.5, 0.6) is 0 Å². The second-order valence-corrected chi connectivity index (χ2v) is 8.26. The van der Waals surface area contributed by atoms with Crippen molar-refractivity contribution in [3.05, 3.63) is 29.9 Å². The van der Waals surface area contributed by atoms with Gasteiger partial charge in [-0.25, -0.2) is 4.98 Å². The molecule has 0 spiro atoms. The van der Waals surface area contributed by atoms with Gasteiger partial charge in [0, 0.05) is 19.0 Å². The molecule has 1 N–H and O–H groups in total. The van der Waals surface area contributed by atoms with Gasteiger partial charge in [0.1, 0.15) is 0 Å². The van der Waals surface area contributed by atoms with E-state index in [1.54, 1.807) is 6.33 Å². The van der Waals surface area contributed by atoms with Gasteiger partial charge in [-0.3, -0.25) is 0 Å². The normalized spacial score (nSPS) is 35.0. The summed E-state index contributed by atoms with van der Waals surface area (Å²) in [5, 5.41) is 4.28. The van der Waals surface area contributed by atoms with Gasteiger partial charge in [0.15, 0.2) is 5.82 Å². The lowest BCUT2D eigenvalue weighted by Crippen LogP contribution is -2.47. The van der Waals surface area contributed by atoms with Crippen LogP contribution in [-0.4, -0.2) is 20.1 Å². The molecular formula is C18H24N4O. The standard InChI is InChI=1S/C18H24N4O/c1(15-10-19-11-20-15)2-17-21-16(22-23-17)9-18-6-12-3-13(7-18)5-14(4-12)8-18/h10-14H,1-9H2,(H,19,20). The molecule has 23 heavy (non-hydrogen) atoms. The maximum Gasteiger partial charge on any atom is 0.227 e. The molecule has 4 aliphatic carbocycles. The highest BCUT2D eigenvalue weighted by Gasteiger charge is 2.51. The Balaban J connectivity index is 1.26. The van der Waals surface area contributed by atoms with E-state index in [9.17, 15) is 0 Å². The van der Waals surface area contributed by atoms with Crippen LogP contribution in [0.3, 0.4) is 0 Å². The van der Waals surface area contributed by atoms with Gasteiger partial charge < -0.3 is 9.51 Å². The summed E-state index contributed by atoms with van der Waals surface area (Å²) in [6.07, 6.45) is 14.9. The van der Waals surface area contributed by atoms with Gasteiger partial charge in [-0.15, -0.1) is 0 Å². The molecule has 0 unspecified atom stereocenters. The van der Waals surface area contributed by atoms with Gasteiger partial charge in [0.25, 0.3) is 0 Å². The number of aromatic amines is 1. The highest BCUT2D eigenvalue weighted by Crippen LogP contribution is 2.60. The van der Waals surface area contributed by atoms with Crippen LogP contribution in [0.1, 0.15) is 55.9 Å². The minimum absolute atomic E-state index is 0.484. The molecule has 0 saturated heterocycles. The predicted octanol–water partition coefficient (Wildman–Crippen LogP) is 3.34. The predicted molar refractivity (Wildman–Crippen MR) is 84.6 cm³/mol. The van der Waals surface area contributed by atoms with E-state index in [4.69, 9.17) is 4.52 Å². The zero-order valence-electron chi connectivity index (χ0n) is 13.5. The van der Waals surface area contributed by atoms with E-state index in [2.05, 4.69) is 20.1 Å². The molecule has 0 radical (unpaired) electrons. The average Bonchev–Trinajstić information content (AvgIpc) is 3.14. The summed E-state index contributed by atoms with van der Waals surface area (Å²) in [7, 11) is 0. The van der Waals surface area contributed by atoms with Crippen molar-refractivity contribution in [2.75, 3.05) is 0 Å². The lowest BCUT2D eigenvalue weighted by atomic mass is 9.49. The Morgan fingerprint density at radius 3 is 2.48 bits per heavy atom. The molecule has 0 aliphatic heterocycles. The van der Waals surface area contributed by atoms with Crippen molar-refractivity contribution in [1.29, 1.82) is 0 Å². The first kappa shape index (κ1) is 13.8. The molecule has 6 rings (SSSR count). The SMILES string of the molecule is c1nc(CCc2nc(CC34CC5CC(CC(C5)C3)C4)no2)c[nH]1. The molecule has 4 fully saturated rings. The van der Waals surface area contributed by atoms with Crippen molar-refractivity contribution in [3.8, 4) is 0 Å². The third kappa shape index (κ3) is 2.60. The summed E-state index contributed by atoms with van der Waals surface area (Å²) in [5.41, 5.74) is 1.53. The fourth-order valence-corrected chi connectivity index (χ4v) is 5.97. The molecular weight excluding hydrogens is 288 g/mol. The maximum absolute atomic E-state index is 5.48. The van der Waals surface area contributed by atoms with Crippen molar-refractivity contribution in [3.63, 3.8) is 0 Å². The smallest absolute Gasteiger partial charge is 0.227 e. The number of nitrogens with one attached hydrogen (secondary N) is 1. The van der Waals surface area contributed by atoms with Crippen LogP contribution in [0, 0.1) is 23.2 Å². The Morgan fingerprint density at radius 2 is 1.83 bits per heavy atom. The molecule has 0 amide bonds. The quantitative estimate of drug-likeness (QED) is 0.919. The third-order valence-corrected chi connectivity index (χ3v) is 6.36. The van der Waals surface area contributed by atoms with Gasteiger partial charge >= 0.3 is 0 Å². The minimum atomic E-state index is 0.484. The van der Waals surface area contributed by atoms with E-state index in [0.29, 0.717) is 5.41 Å². The molecule has 2 heterocycles. The first-order valence-corrected chi connectivity index (χ1v) is 9.05. The fourth-order valence-electron chi connectivity index (χ4n) is 5.97. The molecule has 4 bridgehead atoms. The third-order valence-electron chi connectivity index (χ3n) is 6.36. The lowest BCUT2D eigenvalue weighted by Gasteiger charge is -2.56. The van der Waals surface area contributed by atoms with Gasteiger partial charge in [-0.05, 0) is 68.1 Å². The molecule has 5 nitrogen and oxygen atoms in total. The molecule has 4 aliphatic rings. The molecule has 2 aromatic rings. The van der Waals surface area contributed by atoms with Crippen LogP contribution in [0.25, 0.3) is 0 Å². The van der Waals surface area contributed by atoms with Crippen molar-refractivity contribution in [1.82, 2.24) is 20.1 Å². The van der Waals surface area contributed by atoms with E-state index in [1.807, 2.05) is 6.20 Å². The number of H-pyrrole nitrogens is 1. The summed E-state index contributed by atoms with van der Waals surface area (Å²) < 4.78 is 5.48. The zero-order valence-corrected chi connectivity index (χ0v) is 13.5. The van der Waals surface area contributed by atoms with E-state index in [1.165, 1.54) is 38.5 Å². The number of hydrogen-bond acceptors (Lipinski definition) is 4. The number of rotatable bonds is 5. The van der Waals surface area contributed by atoms with Crippen LogP contribution in [-0.2, 0) is 19.3 Å². The Labute approximate surface area is 136 Å². The number of aryl methyl sites for hydroxylation is 2. The van der Waals surface area contributed by atoms with Crippen molar-refractivity contribution >= 4 is 0 Å². The summed E-state index contributed by atoms with van der Waals surface area (Å²) in [6.45, 7) is 0. The maximum atomic E-state index is 5.48. The van der Waals surface area contributed by atoms with Crippen molar-refractivity contribution in [2.24, 2.45) is 23.2 Å². The molecule has 5 heteroatoms. The first-order valence-electron chi connectivity index (χ1n) is 9.05. The Kier molecular flexibility index (Phi) is 3.10. The average molecular weight is 312 g/mol. The summed E-state index contributed by atoms with van der Waals surface area (Å²) in [4.78, 5) is 11.9. The number of aromatic nitrogens is 4. The second-order valence-electron chi connectivity index (χ2n) is 8.26. The van der Waals surface area contributed by atoms with Crippen LogP contribution >= 0.6 is 0 Å². The Hall–Kier alpha value is -1.65. The fraction of sp³-hybridized carbons (Fsp3) is 0.722. The lowest BCUT2D eigenvalue weighted by molar-refractivity contribution is -0.0533. The van der Waals surface area contributed by atoms with Gasteiger partial charge in [0.05, 0.1) is 12.0 Å². The molecule has 0 aromatic carbocycles. The Bertz CT molecular complexity index is 640. The van der Waals surface area contributed by atoms with Crippen LogP contribution in [0.2, 0.25) is 0 Å². The largest absolute Gasteiger partial charge is 0.351 e. The van der Waals surface area contributed by atoms with Crippen molar-refractivity contribution < 1.29 is 4.52 Å². The second kappa shape index (κ2) is 5.18. The van der Waals surface area contributed by atoms with E-state index >= 15 is 0 Å². The van der Waals surface area contributed by atoms with Gasteiger partial charge in [0.2, 0.25) is 5.89 Å². The highest BCUT2D eigenvalue weighted by atomic mass is 16.5.